The van der Waals surface area contributed by atoms with E-state index in [-0.39, 0.29) is 18.2 Å². The molecule has 20 heavy (non-hydrogen) atoms. The summed E-state index contributed by atoms with van der Waals surface area (Å²) < 4.78 is 16.4. The average molecular weight is 277 g/mol. The van der Waals surface area contributed by atoms with Crippen LogP contribution in [0.15, 0.2) is 27.3 Å². The van der Waals surface area contributed by atoms with E-state index < -0.39 is 0 Å². The van der Waals surface area contributed by atoms with Crippen molar-refractivity contribution in [1.82, 2.24) is 15.0 Å². The standard InChI is InChI=1S/C14H19N3O3/c1-9-7-17(8-10(2)19-9)11(3)14-15-13(16-20-14)12-5-4-6-18-12/h4-6,9-11H,7-8H2,1-3H3. The van der Waals surface area contributed by atoms with E-state index in [9.17, 15) is 0 Å². The van der Waals surface area contributed by atoms with Crippen molar-refractivity contribution in [2.75, 3.05) is 13.1 Å². The van der Waals surface area contributed by atoms with Crippen molar-refractivity contribution in [1.29, 1.82) is 0 Å². The summed E-state index contributed by atoms with van der Waals surface area (Å²) in [6.07, 6.45) is 2.03. The molecule has 0 spiro atoms. The molecule has 1 saturated heterocycles. The zero-order chi connectivity index (χ0) is 14.1. The lowest BCUT2D eigenvalue weighted by atomic mass is 10.2. The molecule has 0 radical (unpaired) electrons. The van der Waals surface area contributed by atoms with Crippen LogP contribution in [-0.2, 0) is 4.74 Å². The molecule has 1 aliphatic rings. The molecule has 1 fully saturated rings. The largest absolute Gasteiger partial charge is 0.461 e. The van der Waals surface area contributed by atoms with Crippen molar-refractivity contribution in [2.45, 2.75) is 39.0 Å². The molecule has 108 valence electrons. The van der Waals surface area contributed by atoms with Gasteiger partial charge in [-0.05, 0) is 32.9 Å². The van der Waals surface area contributed by atoms with Crippen LogP contribution in [0.5, 0.6) is 0 Å². The van der Waals surface area contributed by atoms with Crippen molar-refractivity contribution in [3.8, 4) is 11.6 Å². The maximum Gasteiger partial charge on any atom is 0.244 e. The fraction of sp³-hybridized carbons (Fsp3) is 0.571. The second-order valence-electron chi connectivity index (χ2n) is 5.32. The number of ether oxygens (including phenoxy) is 1. The van der Waals surface area contributed by atoms with E-state index in [0.717, 1.165) is 13.1 Å². The summed E-state index contributed by atoms with van der Waals surface area (Å²) in [6, 6.07) is 3.69. The number of hydrogen-bond acceptors (Lipinski definition) is 6. The van der Waals surface area contributed by atoms with Crippen molar-refractivity contribution in [2.24, 2.45) is 0 Å². The minimum atomic E-state index is 0.0695. The summed E-state index contributed by atoms with van der Waals surface area (Å²) in [7, 11) is 0. The number of hydrogen-bond donors (Lipinski definition) is 0. The van der Waals surface area contributed by atoms with Crippen LogP contribution in [0.4, 0.5) is 0 Å². The third-order valence-corrected chi connectivity index (χ3v) is 3.54. The maximum atomic E-state index is 5.74. The minimum absolute atomic E-state index is 0.0695. The lowest BCUT2D eigenvalue weighted by molar-refractivity contribution is -0.0818. The smallest absolute Gasteiger partial charge is 0.244 e. The third-order valence-electron chi connectivity index (χ3n) is 3.54. The molecule has 2 aromatic rings. The summed E-state index contributed by atoms with van der Waals surface area (Å²) in [5.74, 6) is 1.72. The Labute approximate surface area is 117 Å². The Morgan fingerprint density at radius 3 is 2.70 bits per heavy atom. The summed E-state index contributed by atoms with van der Waals surface area (Å²) in [4.78, 5) is 6.73. The highest BCUT2D eigenvalue weighted by Gasteiger charge is 2.29. The number of nitrogens with zero attached hydrogens (tertiary/aromatic N) is 3. The molecule has 3 atom stereocenters. The molecule has 3 heterocycles. The normalized spacial score (nSPS) is 25.8. The molecule has 0 saturated carbocycles. The Hall–Kier alpha value is -1.66. The highest BCUT2D eigenvalue weighted by Crippen LogP contribution is 2.25. The van der Waals surface area contributed by atoms with Gasteiger partial charge in [0.05, 0.1) is 24.5 Å². The molecule has 6 nitrogen and oxygen atoms in total. The fourth-order valence-corrected chi connectivity index (χ4v) is 2.60. The first-order valence-electron chi connectivity index (χ1n) is 6.90. The number of aromatic nitrogens is 2. The predicted molar refractivity (Wildman–Crippen MR) is 72.0 cm³/mol. The molecule has 0 N–H and O–H groups in total. The Bertz CT molecular complexity index is 542. The van der Waals surface area contributed by atoms with Crippen LogP contribution in [0.3, 0.4) is 0 Å². The van der Waals surface area contributed by atoms with Gasteiger partial charge in [0, 0.05) is 13.1 Å². The average Bonchev–Trinajstić information content (AvgIpc) is 3.07. The second kappa shape index (κ2) is 5.38. The van der Waals surface area contributed by atoms with Crippen LogP contribution in [-0.4, -0.2) is 40.3 Å². The molecular weight excluding hydrogens is 258 g/mol. The maximum absolute atomic E-state index is 5.74. The summed E-state index contributed by atoms with van der Waals surface area (Å²) >= 11 is 0. The molecule has 1 aliphatic heterocycles. The summed E-state index contributed by atoms with van der Waals surface area (Å²) in [6.45, 7) is 7.97. The summed E-state index contributed by atoms with van der Waals surface area (Å²) in [5.41, 5.74) is 0. The predicted octanol–water partition coefficient (Wildman–Crippen LogP) is 2.50. The fourth-order valence-electron chi connectivity index (χ4n) is 2.60. The van der Waals surface area contributed by atoms with Gasteiger partial charge in [-0.3, -0.25) is 4.90 Å². The highest BCUT2D eigenvalue weighted by molar-refractivity contribution is 5.44. The van der Waals surface area contributed by atoms with Crippen molar-refractivity contribution in [3.05, 3.63) is 24.3 Å². The van der Waals surface area contributed by atoms with Gasteiger partial charge in [-0.25, -0.2) is 0 Å². The molecule has 0 amide bonds. The lowest BCUT2D eigenvalue weighted by Gasteiger charge is -2.37. The van der Waals surface area contributed by atoms with E-state index in [1.54, 1.807) is 12.3 Å². The lowest BCUT2D eigenvalue weighted by Crippen LogP contribution is -2.46. The topological polar surface area (TPSA) is 64.5 Å². The molecular formula is C14H19N3O3. The van der Waals surface area contributed by atoms with Gasteiger partial charge in [0.15, 0.2) is 5.76 Å². The number of rotatable bonds is 3. The van der Waals surface area contributed by atoms with E-state index in [0.29, 0.717) is 17.5 Å². The van der Waals surface area contributed by atoms with E-state index >= 15 is 0 Å². The first-order chi connectivity index (χ1) is 9.63. The Kier molecular flexibility index (Phi) is 3.58. The van der Waals surface area contributed by atoms with Crippen LogP contribution in [0, 0.1) is 0 Å². The van der Waals surface area contributed by atoms with Gasteiger partial charge in [0.25, 0.3) is 0 Å². The van der Waals surface area contributed by atoms with Gasteiger partial charge in [0.1, 0.15) is 0 Å². The molecule has 2 aromatic heterocycles. The molecule has 3 rings (SSSR count). The van der Waals surface area contributed by atoms with Gasteiger partial charge < -0.3 is 13.7 Å². The van der Waals surface area contributed by atoms with Crippen molar-refractivity contribution >= 4 is 0 Å². The number of furan rings is 1. The SMILES string of the molecule is CC1CN(C(C)c2nc(-c3ccco3)no2)CC(C)O1. The first kappa shape index (κ1) is 13.3. The van der Waals surface area contributed by atoms with Crippen molar-refractivity contribution in [3.63, 3.8) is 0 Å². The molecule has 0 aromatic carbocycles. The molecule has 6 heteroatoms. The zero-order valence-electron chi connectivity index (χ0n) is 11.9. The number of morpholine rings is 1. The summed E-state index contributed by atoms with van der Waals surface area (Å²) in [5, 5.41) is 3.97. The Morgan fingerprint density at radius 1 is 1.30 bits per heavy atom. The Balaban J connectivity index is 1.75. The van der Waals surface area contributed by atoms with E-state index in [1.165, 1.54) is 0 Å². The third kappa shape index (κ3) is 2.62. The first-order valence-corrected chi connectivity index (χ1v) is 6.90. The monoisotopic (exact) mass is 277 g/mol. The quantitative estimate of drug-likeness (QED) is 0.859. The molecule has 0 aliphatic carbocycles. The zero-order valence-corrected chi connectivity index (χ0v) is 11.9. The highest BCUT2D eigenvalue weighted by atomic mass is 16.5. The van der Waals surface area contributed by atoms with Crippen LogP contribution >= 0.6 is 0 Å². The van der Waals surface area contributed by atoms with Gasteiger partial charge in [-0.1, -0.05) is 5.16 Å². The Morgan fingerprint density at radius 2 is 2.05 bits per heavy atom. The van der Waals surface area contributed by atoms with Crippen LogP contribution in [0.1, 0.15) is 32.7 Å². The van der Waals surface area contributed by atoms with E-state index in [2.05, 4.69) is 35.8 Å². The van der Waals surface area contributed by atoms with Gasteiger partial charge >= 0.3 is 0 Å². The second-order valence-corrected chi connectivity index (χ2v) is 5.32. The van der Waals surface area contributed by atoms with Gasteiger partial charge in [-0.15, -0.1) is 0 Å². The van der Waals surface area contributed by atoms with Gasteiger partial charge in [-0.2, -0.15) is 4.98 Å². The van der Waals surface area contributed by atoms with Crippen molar-refractivity contribution < 1.29 is 13.7 Å². The van der Waals surface area contributed by atoms with E-state index in [4.69, 9.17) is 13.7 Å². The van der Waals surface area contributed by atoms with Crippen LogP contribution < -0.4 is 0 Å². The minimum Gasteiger partial charge on any atom is -0.461 e. The molecule has 3 unspecified atom stereocenters. The molecule has 0 bridgehead atoms. The van der Waals surface area contributed by atoms with Crippen LogP contribution in [0.2, 0.25) is 0 Å². The van der Waals surface area contributed by atoms with E-state index in [1.807, 2.05) is 6.07 Å². The van der Waals surface area contributed by atoms with Crippen LogP contribution in [0.25, 0.3) is 11.6 Å². The van der Waals surface area contributed by atoms with Gasteiger partial charge in [0.2, 0.25) is 11.7 Å².